The Labute approximate surface area is 150 Å². The molecule has 4 atom stereocenters. The van der Waals surface area contributed by atoms with E-state index in [1.807, 2.05) is 0 Å². The van der Waals surface area contributed by atoms with E-state index in [-0.39, 0.29) is 6.29 Å². The van der Waals surface area contributed by atoms with Gasteiger partial charge in [-0.05, 0) is 12.8 Å². The molecule has 4 heterocycles. The predicted molar refractivity (Wildman–Crippen MR) is 89.6 cm³/mol. The number of epoxide rings is 4. The summed E-state index contributed by atoms with van der Waals surface area (Å²) in [6.07, 6.45) is 5.95. The molecule has 146 valence electrons. The van der Waals surface area contributed by atoms with Crippen LogP contribution in [0.5, 0.6) is 0 Å². The van der Waals surface area contributed by atoms with Crippen LogP contribution >= 0.6 is 0 Å². The van der Waals surface area contributed by atoms with Crippen molar-refractivity contribution in [3.63, 3.8) is 0 Å². The molecule has 0 aromatic rings. The van der Waals surface area contributed by atoms with Crippen LogP contribution in [0.15, 0.2) is 0 Å². The molecule has 0 saturated carbocycles. The number of ether oxygens (including phenoxy) is 7. The summed E-state index contributed by atoms with van der Waals surface area (Å²) in [6.45, 7) is 8.48. The lowest BCUT2D eigenvalue weighted by atomic mass is 10.2. The second kappa shape index (κ2) is 10.8. The van der Waals surface area contributed by atoms with E-state index in [9.17, 15) is 0 Å². The van der Waals surface area contributed by atoms with E-state index in [4.69, 9.17) is 33.2 Å². The van der Waals surface area contributed by atoms with Crippen molar-refractivity contribution in [1.82, 2.24) is 0 Å². The third-order valence-electron chi connectivity index (χ3n) is 4.20. The molecule has 0 bridgehead atoms. The van der Waals surface area contributed by atoms with E-state index < -0.39 is 0 Å². The van der Waals surface area contributed by atoms with Gasteiger partial charge in [0.25, 0.3) is 0 Å². The third kappa shape index (κ3) is 10.5. The molecule has 7 heteroatoms. The van der Waals surface area contributed by atoms with Gasteiger partial charge in [0.1, 0.15) is 24.4 Å². The topological polar surface area (TPSA) is 77.8 Å². The van der Waals surface area contributed by atoms with Gasteiger partial charge < -0.3 is 33.2 Å². The third-order valence-corrected chi connectivity index (χ3v) is 4.20. The zero-order chi connectivity index (χ0) is 17.3. The summed E-state index contributed by atoms with van der Waals surface area (Å²) >= 11 is 0. The van der Waals surface area contributed by atoms with E-state index in [2.05, 4.69) is 6.92 Å². The van der Waals surface area contributed by atoms with Crippen LogP contribution < -0.4 is 0 Å². The Bertz CT molecular complexity index is 323. The molecule has 0 N–H and O–H groups in total. The monoisotopic (exact) mass is 360 g/mol. The fourth-order valence-electron chi connectivity index (χ4n) is 2.19. The Morgan fingerprint density at radius 3 is 1.56 bits per heavy atom. The molecule has 0 spiro atoms. The van der Waals surface area contributed by atoms with Crippen molar-refractivity contribution >= 4 is 0 Å². The van der Waals surface area contributed by atoms with Crippen LogP contribution in [0.1, 0.15) is 32.6 Å². The van der Waals surface area contributed by atoms with E-state index in [1.54, 1.807) is 0 Å². The minimum atomic E-state index is -0.0695. The summed E-state index contributed by atoms with van der Waals surface area (Å²) in [5.41, 5.74) is 0. The molecule has 0 amide bonds. The van der Waals surface area contributed by atoms with Gasteiger partial charge in [0, 0.05) is 0 Å². The van der Waals surface area contributed by atoms with E-state index in [0.717, 1.165) is 52.5 Å². The van der Waals surface area contributed by atoms with Crippen molar-refractivity contribution in [1.29, 1.82) is 0 Å². The highest BCUT2D eigenvalue weighted by Gasteiger charge is 2.27. The van der Waals surface area contributed by atoms with Crippen LogP contribution in [-0.4, -0.2) is 83.6 Å². The zero-order valence-corrected chi connectivity index (χ0v) is 15.2. The van der Waals surface area contributed by atoms with E-state index >= 15 is 0 Å². The van der Waals surface area contributed by atoms with Crippen LogP contribution in [-0.2, 0) is 33.2 Å². The highest BCUT2D eigenvalue weighted by molar-refractivity contribution is 4.71. The van der Waals surface area contributed by atoms with Gasteiger partial charge in [-0.2, -0.15) is 0 Å². The minimum Gasteiger partial charge on any atom is -0.376 e. The molecular weight excluding hydrogens is 328 g/mol. The van der Waals surface area contributed by atoms with Gasteiger partial charge in [-0.15, -0.1) is 0 Å². The number of hydrogen-bond donors (Lipinski definition) is 0. The van der Waals surface area contributed by atoms with Crippen LogP contribution in [0.25, 0.3) is 0 Å². The highest BCUT2D eigenvalue weighted by atomic mass is 16.7. The molecule has 0 aromatic heterocycles. The maximum absolute atomic E-state index is 5.69. The lowest BCUT2D eigenvalue weighted by Gasteiger charge is -2.17. The molecule has 4 rings (SSSR count). The molecule has 0 aliphatic carbocycles. The van der Waals surface area contributed by atoms with Crippen molar-refractivity contribution < 1.29 is 33.2 Å². The van der Waals surface area contributed by atoms with Gasteiger partial charge >= 0.3 is 0 Å². The molecular formula is C18H32O7. The molecule has 4 unspecified atom stereocenters. The van der Waals surface area contributed by atoms with Crippen LogP contribution in [0.3, 0.4) is 0 Å². The smallest absolute Gasteiger partial charge is 0.157 e. The SMILES string of the molecule is C(OCC1CO1)C1CO1.CCCCCC(OCC1CO1)OCC1CO1. The van der Waals surface area contributed by atoms with Crippen LogP contribution in [0.4, 0.5) is 0 Å². The molecule has 4 fully saturated rings. The Hall–Kier alpha value is -0.280. The first-order valence-electron chi connectivity index (χ1n) is 9.60. The van der Waals surface area contributed by atoms with Gasteiger partial charge in [0.2, 0.25) is 0 Å². The maximum atomic E-state index is 5.69. The molecule has 4 saturated heterocycles. The summed E-state index contributed by atoms with van der Waals surface area (Å²) in [5.74, 6) is 0. The van der Waals surface area contributed by atoms with Crippen molar-refractivity contribution in [3.05, 3.63) is 0 Å². The molecule has 4 aliphatic rings. The Balaban J connectivity index is 0.000000170. The predicted octanol–water partition coefficient (Wildman–Crippen LogP) is 1.52. The zero-order valence-electron chi connectivity index (χ0n) is 15.2. The van der Waals surface area contributed by atoms with Crippen LogP contribution in [0, 0.1) is 0 Å². The summed E-state index contributed by atoms with van der Waals surface area (Å²) in [6, 6.07) is 0. The number of hydrogen-bond acceptors (Lipinski definition) is 7. The second-order valence-electron chi connectivity index (χ2n) is 6.95. The second-order valence-corrected chi connectivity index (χ2v) is 6.95. The first-order valence-corrected chi connectivity index (χ1v) is 9.60. The van der Waals surface area contributed by atoms with Gasteiger partial charge in [-0.3, -0.25) is 0 Å². The number of unbranched alkanes of at least 4 members (excludes halogenated alkanes) is 2. The van der Waals surface area contributed by atoms with E-state index in [0.29, 0.717) is 37.6 Å². The van der Waals surface area contributed by atoms with Gasteiger partial charge in [0.05, 0.1) is 52.9 Å². The fraction of sp³-hybridized carbons (Fsp3) is 1.00. The Morgan fingerprint density at radius 1 is 0.720 bits per heavy atom. The summed E-state index contributed by atoms with van der Waals surface area (Å²) < 4.78 is 36.7. The molecule has 25 heavy (non-hydrogen) atoms. The standard InChI is InChI=1S/C12H22O4.C6H10O3/c1-2-3-4-5-12(15-8-10-6-13-10)16-9-11-7-14-11;1(5-3-8-5)7-2-6-4-9-6/h10-12H,2-9H2,1H3;5-6H,1-4H2. The lowest BCUT2D eigenvalue weighted by Crippen LogP contribution is -2.22. The molecule has 4 aliphatic heterocycles. The normalized spacial score (nSPS) is 32.5. The van der Waals surface area contributed by atoms with Crippen molar-refractivity contribution in [2.45, 2.75) is 63.3 Å². The Kier molecular flexibility index (Phi) is 8.39. The highest BCUT2D eigenvalue weighted by Crippen LogP contribution is 2.16. The van der Waals surface area contributed by atoms with Crippen molar-refractivity contribution in [2.75, 3.05) is 52.9 Å². The first-order chi connectivity index (χ1) is 12.3. The molecule has 7 nitrogen and oxygen atoms in total. The average molecular weight is 360 g/mol. The maximum Gasteiger partial charge on any atom is 0.157 e. The minimum absolute atomic E-state index is 0.0695. The van der Waals surface area contributed by atoms with Crippen LogP contribution in [0.2, 0.25) is 0 Å². The summed E-state index contributed by atoms with van der Waals surface area (Å²) in [5, 5.41) is 0. The lowest BCUT2D eigenvalue weighted by molar-refractivity contribution is -0.151. The molecule has 0 radical (unpaired) electrons. The first kappa shape index (κ1) is 19.5. The number of rotatable bonds is 14. The van der Waals surface area contributed by atoms with E-state index in [1.165, 1.54) is 12.8 Å². The van der Waals surface area contributed by atoms with Crippen molar-refractivity contribution in [2.24, 2.45) is 0 Å². The Morgan fingerprint density at radius 2 is 1.16 bits per heavy atom. The molecule has 0 aromatic carbocycles. The average Bonchev–Trinajstić information content (AvgIpc) is 3.48. The fourth-order valence-corrected chi connectivity index (χ4v) is 2.19. The van der Waals surface area contributed by atoms with Crippen molar-refractivity contribution in [3.8, 4) is 0 Å². The van der Waals surface area contributed by atoms with Gasteiger partial charge in [-0.1, -0.05) is 19.8 Å². The summed E-state index contributed by atoms with van der Waals surface area (Å²) in [7, 11) is 0. The van der Waals surface area contributed by atoms with Gasteiger partial charge in [0.15, 0.2) is 6.29 Å². The summed E-state index contributed by atoms with van der Waals surface area (Å²) in [4.78, 5) is 0. The quantitative estimate of drug-likeness (QED) is 0.264. The largest absolute Gasteiger partial charge is 0.376 e. The van der Waals surface area contributed by atoms with Gasteiger partial charge in [-0.25, -0.2) is 0 Å².